The lowest BCUT2D eigenvalue weighted by atomic mass is 10.2. The second kappa shape index (κ2) is 2.54. The van der Waals surface area contributed by atoms with Crippen LogP contribution in [0.3, 0.4) is 0 Å². The van der Waals surface area contributed by atoms with Crippen LogP contribution >= 0.6 is 0 Å². The molecule has 0 saturated heterocycles. The molecule has 0 aromatic heterocycles. The van der Waals surface area contributed by atoms with Gasteiger partial charge < -0.3 is 0 Å². The van der Waals surface area contributed by atoms with Gasteiger partial charge in [-0.2, -0.15) is 0 Å². The number of allylic oxidation sites excluding steroid dienone is 3. The second-order valence-electron chi connectivity index (χ2n) is 2.09. The van der Waals surface area contributed by atoms with E-state index in [2.05, 4.69) is 24.8 Å². The van der Waals surface area contributed by atoms with Gasteiger partial charge in [0.25, 0.3) is 0 Å². The van der Waals surface area contributed by atoms with E-state index in [1.165, 1.54) is 12.0 Å². The first kappa shape index (κ1) is 5.40. The topological polar surface area (TPSA) is 0 Å². The van der Waals surface area contributed by atoms with E-state index in [0.717, 1.165) is 6.42 Å². The molecule has 1 rings (SSSR count). The highest BCUT2D eigenvalue weighted by atomic mass is 13.9. The summed E-state index contributed by atoms with van der Waals surface area (Å²) in [7, 11) is 0. The molecule has 0 heterocycles. The SMILES string of the molecule is CC1=CC=C=CCC1. The summed E-state index contributed by atoms with van der Waals surface area (Å²) >= 11 is 0. The predicted molar refractivity (Wildman–Crippen MR) is 35.6 cm³/mol. The van der Waals surface area contributed by atoms with Crippen LogP contribution < -0.4 is 0 Å². The molecule has 0 saturated carbocycles. The molecule has 1 aliphatic carbocycles. The van der Waals surface area contributed by atoms with Gasteiger partial charge in [-0.1, -0.05) is 11.6 Å². The highest BCUT2D eigenvalue weighted by Crippen LogP contribution is 2.06. The van der Waals surface area contributed by atoms with Crippen molar-refractivity contribution < 1.29 is 0 Å². The summed E-state index contributed by atoms with van der Waals surface area (Å²) in [5.41, 5.74) is 4.50. The van der Waals surface area contributed by atoms with Gasteiger partial charge in [-0.3, -0.25) is 0 Å². The van der Waals surface area contributed by atoms with Crippen molar-refractivity contribution in [1.82, 2.24) is 0 Å². The van der Waals surface area contributed by atoms with Crippen LogP contribution in [0.25, 0.3) is 0 Å². The van der Waals surface area contributed by atoms with Crippen LogP contribution in [0.1, 0.15) is 19.8 Å². The lowest BCUT2D eigenvalue weighted by molar-refractivity contribution is 0.985. The fraction of sp³-hybridized carbons (Fsp3) is 0.375. The number of hydrogen-bond donors (Lipinski definition) is 0. The zero-order valence-electron chi connectivity index (χ0n) is 5.15. The monoisotopic (exact) mass is 106 g/mol. The van der Waals surface area contributed by atoms with Crippen LogP contribution in [0.15, 0.2) is 29.5 Å². The molecule has 0 aliphatic heterocycles. The maximum Gasteiger partial charge on any atom is -0.0204 e. The Balaban J connectivity index is 2.72. The Bertz CT molecular complexity index is 155. The van der Waals surface area contributed by atoms with Crippen molar-refractivity contribution in [1.29, 1.82) is 0 Å². The van der Waals surface area contributed by atoms with E-state index in [1.807, 2.05) is 6.08 Å². The third kappa shape index (κ3) is 1.40. The quantitative estimate of drug-likeness (QED) is 0.416. The van der Waals surface area contributed by atoms with E-state index in [4.69, 9.17) is 0 Å². The van der Waals surface area contributed by atoms with E-state index in [-0.39, 0.29) is 0 Å². The third-order valence-electron chi connectivity index (χ3n) is 1.26. The molecule has 0 unspecified atom stereocenters. The van der Waals surface area contributed by atoms with Gasteiger partial charge in [0.1, 0.15) is 0 Å². The van der Waals surface area contributed by atoms with E-state index in [0.29, 0.717) is 0 Å². The van der Waals surface area contributed by atoms with Crippen molar-refractivity contribution in [2.45, 2.75) is 19.8 Å². The van der Waals surface area contributed by atoms with Crippen molar-refractivity contribution in [3.05, 3.63) is 29.5 Å². The summed E-state index contributed by atoms with van der Waals surface area (Å²) in [6, 6.07) is 0. The zero-order chi connectivity index (χ0) is 5.82. The van der Waals surface area contributed by atoms with E-state index < -0.39 is 0 Å². The summed E-state index contributed by atoms with van der Waals surface area (Å²) in [6.45, 7) is 2.15. The summed E-state index contributed by atoms with van der Waals surface area (Å²) < 4.78 is 0. The molecule has 0 atom stereocenters. The van der Waals surface area contributed by atoms with Crippen LogP contribution in [0, 0.1) is 0 Å². The Morgan fingerprint density at radius 1 is 1.62 bits per heavy atom. The normalized spacial score (nSPS) is 17.9. The Hall–Kier alpha value is -0.740. The smallest absolute Gasteiger partial charge is 0.0204 e. The first-order valence-electron chi connectivity index (χ1n) is 2.96. The molecule has 0 aromatic carbocycles. The van der Waals surface area contributed by atoms with E-state index in [9.17, 15) is 0 Å². The van der Waals surface area contributed by atoms with Crippen molar-refractivity contribution in [3.8, 4) is 0 Å². The molecule has 0 heteroatoms. The molecule has 0 spiro atoms. The van der Waals surface area contributed by atoms with Gasteiger partial charge in [-0.15, -0.1) is 5.73 Å². The highest BCUT2D eigenvalue weighted by molar-refractivity contribution is 5.13. The average molecular weight is 106 g/mol. The molecule has 0 amide bonds. The van der Waals surface area contributed by atoms with Crippen LogP contribution in [-0.2, 0) is 0 Å². The molecule has 42 valence electrons. The molecule has 1 aliphatic rings. The molecule has 0 fully saturated rings. The Kier molecular flexibility index (Phi) is 1.71. The largest absolute Gasteiger partial charge is 0.125 e. The van der Waals surface area contributed by atoms with Crippen LogP contribution in [-0.4, -0.2) is 0 Å². The maximum absolute atomic E-state index is 3.05. The van der Waals surface area contributed by atoms with Crippen molar-refractivity contribution in [2.75, 3.05) is 0 Å². The van der Waals surface area contributed by atoms with Gasteiger partial charge in [0, 0.05) is 0 Å². The fourth-order valence-electron chi connectivity index (χ4n) is 0.725. The second-order valence-corrected chi connectivity index (χ2v) is 2.09. The predicted octanol–water partition coefficient (Wildman–Crippen LogP) is 2.44. The van der Waals surface area contributed by atoms with Gasteiger partial charge in [-0.25, -0.2) is 0 Å². The lowest BCUT2D eigenvalue weighted by Crippen LogP contribution is -1.70. The maximum atomic E-state index is 3.05. The summed E-state index contributed by atoms with van der Waals surface area (Å²) in [5, 5.41) is 0. The Morgan fingerprint density at radius 3 is 3.38 bits per heavy atom. The molecule has 0 aromatic rings. The van der Waals surface area contributed by atoms with Crippen molar-refractivity contribution in [2.24, 2.45) is 0 Å². The van der Waals surface area contributed by atoms with E-state index in [1.54, 1.807) is 0 Å². The first-order valence-corrected chi connectivity index (χ1v) is 2.96. The summed E-state index contributed by atoms with van der Waals surface area (Å²) in [6.07, 6.45) is 8.52. The Morgan fingerprint density at radius 2 is 2.50 bits per heavy atom. The first-order chi connectivity index (χ1) is 3.89. The van der Waals surface area contributed by atoms with Crippen LogP contribution in [0.4, 0.5) is 0 Å². The van der Waals surface area contributed by atoms with Crippen LogP contribution in [0.2, 0.25) is 0 Å². The molecule has 0 nitrogen and oxygen atoms in total. The molecule has 0 radical (unpaired) electrons. The molecular weight excluding hydrogens is 96.1 g/mol. The van der Waals surface area contributed by atoms with Gasteiger partial charge in [0.05, 0.1) is 0 Å². The highest BCUT2D eigenvalue weighted by Gasteiger charge is 1.86. The molecule has 0 N–H and O–H groups in total. The number of hydrogen-bond acceptors (Lipinski definition) is 0. The number of rotatable bonds is 0. The van der Waals surface area contributed by atoms with Gasteiger partial charge in [0.15, 0.2) is 0 Å². The van der Waals surface area contributed by atoms with Crippen molar-refractivity contribution in [3.63, 3.8) is 0 Å². The minimum absolute atomic E-state index is 1.15. The third-order valence-corrected chi connectivity index (χ3v) is 1.26. The standard InChI is InChI=1S/C8H10/c1-8-6-4-2-3-5-7-8/h2,5,7H,4,6H2,1H3. The van der Waals surface area contributed by atoms with Crippen LogP contribution in [0.5, 0.6) is 0 Å². The van der Waals surface area contributed by atoms with E-state index >= 15 is 0 Å². The van der Waals surface area contributed by atoms with Gasteiger partial charge in [0.2, 0.25) is 0 Å². The average Bonchev–Trinajstić information content (AvgIpc) is 1.94. The van der Waals surface area contributed by atoms with Crippen molar-refractivity contribution >= 4 is 0 Å². The summed E-state index contributed by atoms with van der Waals surface area (Å²) in [4.78, 5) is 0. The Labute approximate surface area is 50.2 Å². The van der Waals surface area contributed by atoms with Gasteiger partial charge >= 0.3 is 0 Å². The molecular formula is C8H10. The summed E-state index contributed by atoms with van der Waals surface area (Å²) in [5.74, 6) is 0. The minimum Gasteiger partial charge on any atom is -0.125 e. The fourth-order valence-corrected chi connectivity index (χ4v) is 0.725. The minimum atomic E-state index is 1.15. The molecule has 0 bridgehead atoms. The zero-order valence-corrected chi connectivity index (χ0v) is 5.15. The van der Waals surface area contributed by atoms with Gasteiger partial charge in [-0.05, 0) is 31.9 Å². The lowest BCUT2D eigenvalue weighted by Gasteiger charge is -1.89. The molecule has 8 heavy (non-hydrogen) atoms.